The largest absolute Gasteiger partial charge is 0.493 e. The second-order valence-electron chi connectivity index (χ2n) is 9.35. The van der Waals surface area contributed by atoms with Gasteiger partial charge in [-0.25, -0.2) is 0 Å². The molecule has 4 heteroatoms. The van der Waals surface area contributed by atoms with E-state index in [1.165, 1.54) is 19.8 Å². The monoisotopic (exact) mass is 396 g/mol. The third-order valence-electron chi connectivity index (χ3n) is 4.98. The van der Waals surface area contributed by atoms with Crippen molar-refractivity contribution in [3.05, 3.63) is 58.7 Å². The quantitative estimate of drug-likeness (QED) is 0.460. The summed E-state index contributed by atoms with van der Waals surface area (Å²) in [5.74, 6) is 0.585. The molecule has 0 saturated carbocycles. The van der Waals surface area contributed by atoms with Crippen LogP contribution >= 0.6 is 0 Å². The van der Waals surface area contributed by atoms with Crippen LogP contribution in [-0.2, 0) is 10.8 Å². The zero-order valence-electron chi connectivity index (χ0n) is 18.8. The third kappa shape index (κ3) is 5.26. The van der Waals surface area contributed by atoms with Crippen LogP contribution in [0.15, 0.2) is 36.4 Å². The fourth-order valence-corrected chi connectivity index (χ4v) is 3.35. The summed E-state index contributed by atoms with van der Waals surface area (Å²) < 4.78 is 10.5. The standard InChI is InChI=1S/C25H32O4/c1-24(2,3)18-11-9-16(13-19(18)25(4,5)6)20(26)15-21(27)17-10-12-22(28-7)23(14-17)29-8/h9-14H,15H2,1-8H3. The second-order valence-corrected chi connectivity index (χ2v) is 9.35. The summed E-state index contributed by atoms with van der Waals surface area (Å²) in [4.78, 5) is 25.6. The van der Waals surface area contributed by atoms with Gasteiger partial charge in [-0.3, -0.25) is 9.59 Å². The lowest BCUT2D eigenvalue weighted by Gasteiger charge is -2.30. The Morgan fingerprint density at radius 1 is 0.690 bits per heavy atom. The van der Waals surface area contributed by atoms with Crippen LogP contribution in [0, 0.1) is 0 Å². The molecule has 0 atom stereocenters. The zero-order valence-corrected chi connectivity index (χ0v) is 18.8. The van der Waals surface area contributed by atoms with Gasteiger partial charge in [0.25, 0.3) is 0 Å². The SMILES string of the molecule is COc1ccc(C(=O)CC(=O)c2ccc(C(C)(C)C)c(C(C)(C)C)c2)cc1OC. The van der Waals surface area contributed by atoms with Crippen LogP contribution in [0.3, 0.4) is 0 Å². The Balaban J connectivity index is 2.32. The van der Waals surface area contributed by atoms with Crippen molar-refractivity contribution < 1.29 is 19.1 Å². The molecule has 0 radical (unpaired) electrons. The number of rotatable bonds is 6. The van der Waals surface area contributed by atoms with Crippen molar-refractivity contribution in [1.29, 1.82) is 0 Å². The minimum Gasteiger partial charge on any atom is -0.493 e. The van der Waals surface area contributed by atoms with Gasteiger partial charge in [0.15, 0.2) is 23.1 Å². The van der Waals surface area contributed by atoms with Crippen LogP contribution in [0.25, 0.3) is 0 Å². The van der Waals surface area contributed by atoms with E-state index in [4.69, 9.17) is 9.47 Å². The fourth-order valence-electron chi connectivity index (χ4n) is 3.35. The van der Waals surface area contributed by atoms with Crippen LogP contribution in [0.2, 0.25) is 0 Å². The van der Waals surface area contributed by atoms with E-state index >= 15 is 0 Å². The van der Waals surface area contributed by atoms with Gasteiger partial charge in [0, 0.05) is 11.1 Å². The Kier molecular flexibility index (Phi) is 6.56. The molecule has 0 saturated heterocycles. The van der Waals surface area contributed by atoms with E-state index in [1.54, 1.807) is 18.2 Å². The number of carbonyl (C=O) groups excluding carboxylic acids is 2. The van der Waals surface area contributed by atoms with Gasteiger partial charge >= 0.3 is 0 Å². The van der Waals surface area contributed by atoms with Crippen molar-refractivity contribution in [2.75, 3.05) is 14.2 Å². The van der Waals surface area contributed by atoms with Crippen LogP contribution in [0.5, 0.6) is 11.5 Å². The lowest BCUT2D eigenvalue weighted by atomic mass is 9.74. The molecular weight excluding hydrogens is 364 g/mol. The number of methoxy groups -OCH3 is 2. The van der Waals surface area contributed by atoms with Crippen molar-refractivity contribution in [2.45, 2.75) is 58.8 Å². The number of ether oxygens (including phenoxy) is 2. The lowest BCUT2D eigenvalue weighted by Crippen LogP contribution is -2.23. The normalized spacial score (nSPS) is 11.9. The molecule has 0 spiro atoms. The number of ketones is 2. The van der Waals surface area contributed by atoms with Gasteiger partial charge in [0.05, 0.1) is 20.6 Å². The molecule has 156 valence electrons. The first-order chi connectivity index (χ1) is 13.4. The van der Waals surface area contributed by atoms with E-state index in [1.807, 2.05) is 18.2 Å². The number of benzene rings is 2. The Hall–Kier alpha value is -2.62. The molecular formula is C25H32O4. The van der Waals surface area contributed by atoms with Crippen LogP contribution in [-0.4, -0.2) is 25.8 Å². The summed E-state index contributed by atoms with van der Waals surface area (Å²) in [6.45, 7) is 12.9. The fraction of sp³-hybridized carbons (Fsp3) is 0.440. The average Bonchev–Trinajstić information content (AvgIpc) is 2.65. The summed E-state index contributed by atoms with van der Waals surface area (Å²) >= 11 is 0. The Morgan fingerprint density at radius 2 is 1.17 bits per heavy atom. The van der Waals surface area contributed by atoms with Gasteiger partial charge in [-0.05, 0) is 46.2 Å². The molecule has 0 amide bonds. The first-order valence-corrected chi connectivity index (χ1v) is 9.82. The van der Waals surface area contributed by atoms with Crippen molar-refractivity contribution in [1.82, 2.24) is 0 Å². The first kappa shape index (κ1) is 22.7. The molecule has 0 aromatic heterocycles. The minimum atomic E-state index is -0.242. The Labute approximate surface area is 174 Å². The maximum atomic E-state index is 12.9. The third-order valence-corrected chi connectivity index (χ3v) is 4.98. The van der Waals surface area contributed by atoms with E-state index in [-0.39, 0.29) is 28.8 Å². The summed E-state index contributed by atoms with van der Waals surface area (Å²) in [6, 6.07) is 10.7. The second kappa shape index (κ2) is 8.40. The highest BCUT2D eigenvalue weighted by Crippen LogP contribution is 2.35. The molecule has 0 heterocycles. The van der Waals surface area contributed by atoms with Gasteiger partial charge in [0.1, 0.15) is 0 Å². The van der Waals surface area contributed by atoms with E-state index < -0.39 is 0 Å². The predicted molar refractivity (Wildman–Crippen MR) is 117 cm³/mol. The number of carbonyl (C=O) groups is 2. The maximum absolute atomic E-state index is 12.9. The average molecular weight is 397 g/mol. The lowest BCUT2D eigenvalue weighted by molar-refractivity contribution is 0.0894. The topological polar surface area (TPSA) is 52.6 Å². The molecule has 2 rings (SSSR count). The molecule has 0 bridgehead atoms. The summed E-state index contributed by atoms with van der Waals surface area (Å²) in [7, 11) is 3.05. The predicted octanol–water partition coefficient (Wildman–Crippen LogP) is 5.75. The van der Waals surface area contributed by atoms with Crippen LogP contribution < -0.4 is 9.47 Å². The number of Topliss-reactive ketones (excluding diaryl/α,β-unsaturated/α-hetero) is 2. The highest BCUT2D eigenvalue weighted by atomic mass is 16.5. The molecule has 0 aliphatic rings. The molecule has 0 aliphatic carbocycles. The molecule has 0 aliphatic heterocycles. The summed E-state index contributed by atoms with van der Waals surface area (Å²) in [5, 5.41) is 0. The van der Waals surface area contributed by atoms with E-state index in [2.05, 4.69) is 41.5 Å². The van der Waals surface area contributed by atoms with Gasteiger partial charge < -0.3 is 9.47 Å². The van der Waals surface area contributed by atoms with Crippen molar-refractivity contribution >= 4 is 11.6 Å². The molecule has 29 heavy (non-hydrogen) atoms. The van der Waals surface area contributed by atoms with Gasteiger partial charge in [-0.2, -0.15) is 0 Å². The Bertz CT molecular complexity index is 911. The Morgan fingerprint density at radius 3 is 1.66 bits per heavy atom. The van der Waals surface area contributed by atoms with E-state index in [0.717, 1.165) is 5.56 Å². The summed E-state index contributed by atoms with van der Waals surface area (Å²) in [6.07, 6.45) is -0.187. The smallest absolute Gasteiger partial charge is 0.170 e. The van der Waals surface area contributed by atoms with Crippen molar-refractivity contribution in [2.24, 2.45) is 0 Å². The van der Waals surface area contributed by atoms with Gasteiger partial charge in [-0.15, -0.1) is 0 Å². The summed E-state index contributed by atoms with van der Waals surface area (Å²) in [5.41, 5.74) is 3.21. The zero-order chi connectivity index (χ0) is 22.0. The molecule has 0 unspecified atom stereocenters. The molecule has 4 nitrogen and oxygen atoms in total. The van der Waals surface area contributed by atoms with Gasteiger partial charge in [-0.1, -0.05) is 53.7 Å². The molecule has 2 aromatic carbocycles. The molecule has 0 fully saturated rings. The minimum absolute atomic E-state index is 0.0281. The van der Waals surface area contributed by atoms with Crippen molar-refractivity contribution in [3.8, 4) is 11.5 Å². The van der Waals surface area contributed by atoms with E-state index in [0.29, 0.717) is 22.6 Å². The first-order valence-electron chi connectivity index (χ1n) is 9.82. The molecule has 2 aromatic rings. The maximum Gasteiger partial charge on any atom is 0.170 e. The van der Waals surface area contributed by atoms with Gasteiger partial charge in [0.2, 0.25) is 0 Å². The highest BCUT2D eigenvalue weighted by Gasteiger charge is 2.26. The number of hydrogen-bond acceptors (Lipinski definition) is 4. The van der Waals surface area contributed by atoms with Crippen LogP contribution in [0.4, 0.5) is 0 Å². The van der Waals surface area contributed by atoms with Crippen molar-refractivity contribution in [3.63, 3.8) is 0 Å². The number of hydrogen-bond donors (Lipinski definition) is 0. The van der Waals surface area contributed by atoms with Crippen LogP contribution in [0.1, 0.15) is 79.8 Å². The van der Waals surface area contributed by atoms with E-state index in [9.17, 15) is 9.59 Å². The molecule has 0 N–H and O–H groups in total. The highest BCUT2D eigenvalue weighted by molar-refractivity contribution is 6.13.